The maximum absolute atomic E-state index is 12.7. The summed E-state index contributed by atoms with van der Waals surface area (Å²) in [5.74, 6) is -0.252. The second-order valence-corrected chi connectivity index (χ2v) is 7.27. The summed E-state index contributed by atoms with van der Waals surface area (Å²) in [4.78, 5) is 12.7. The number of carbonyl (C=O) groups is 1. The molecule has 26 heavy (non-hydrogen) atoms. The van der Waals surface area contributed by atoms with Crippen LogP contribution in [0.25, 0.3) is 32.3 Å². The Hall–Kier alpha value is -2.91. The lowest BCUT2D eigenvalue weighted by molar-refractivity contribution is 0.0512. The number of thiophene rings is 1. The minimum atomic E-state index is -0.252. The first-order valence-electron chi connectivity index (χ1n) is 8.66. The number of rotatable bonds is 4. The molecule has 0 aliphatic heterocycles. The molecule has 0 radical (unpaired) electrons. The van der Waals surface area contributed by atoms with Crippen molar-refractivity contribution in [3.63, 3.8) is 0 Å². The molecule has 126 valence electrons. The van der Waals surface area contributed by atoms with E-state index in [0.717, 1.165) is 22.6 Å². The molecule has 0 saturated heterocycles. The molecular weight excluding hydrogens is 340 g/mol. The van der Waals surface area contributed by atoms with Crippen LogP contribution in [-0.2, 0) is 11.2 Å². The van der Waals surface area contributed by atoms with Gasteiger partial charge in [-0.3, -0.25) is 0 Å². The van der Waals surface area contributed by atoms with Crippen molar-refractivity contribution in [2.24, 2.45) is 0 Å². The molecule has 5 aromatic rings. The zero-order valence-corrected chi connectivity index (χ0v) is 14.9. The van der Waals surface area contributed by atoms with Crippen molar-refractivity contribution < 1.29 is 9.53 Å². The second-order valence-electron chi connectivity index (χ2n) is 6.49. The van der Waals surface area contributed by atoms with Gasteiger partial charge in [0.2, 0.25) is 0 Å². The monoisotopic (exact) mass is 356 g/mol. The van der Waals surface area contributed by atoms with Crippen LogP contribution in [0.3, 0.4) is 0 Å². The number of carbonyl (C=O) groups excluding carboxylic acids is 1. The second kappa shape index (κ2) is 6.11. The number of hydrogen-bond acceptors (Lipinski definition) is 3. The van der Waals surface area contributed by atoms with Gasteiger partial charge in [-0.15, -0.1) is 0 Å². The number of ether oxygens (including phenoxy) is 1. The molecule has 0 fully saturated rings. The van der Waals surface area contributed by atoms with Gasteiger partial charge in [-0.25, -0.2) is 4.79 Å². The highest BCUT2D eigenvalue weighted by Gasteiger charge is 2.15. The molecule has 0 bridgehead atoms. The molecule has 0 amide bonds. The topological polar surface area (TPSA) is 26.3 Å². The van der Waals surface area contributed by atoms with Crippen LogP contribution in [0, 0.1) is 0 Å². The first-order chi connectivity index (χ1) is 12.8. The van der Waals surface area contributed by atoms with Crippen molar-refractivity contribution in [1.29, 1.82) is 0 Å². The van der Waals surface area contributed by atoms with Crippen LogP contribution >= 0.6 is 11.3 Å². The number of hydrogen-bond donors (Lipinski definition) is 0. The van der Waals surface area contributed by atoms with Crippen molar-refractivity contribution in [3.05, 3.63) is 82.6 Å². The minimum Gasteiger partial charge on any atom is -0.462 e. The number of benzene rings is 4. The van der Waals surface area contributed by atoms with Crippen LogP contribution in [0.2, 0.25) is 0 Å². The van der Waals surface area contributed by atoms with Crippen molar-refractivity contribution in [3.8, 4) is 0 Å². The van der Waals surface area contributed by atoms with Crippen LogP contribution in [0.1, 0.15) is 15.9 Å². The van der Waals surface area contributed by atoms with E-state index in [-0.39, 0.29) is 5.97 Å². The first-order valence-corrected chi connectivity index (χ1v) is 9.60. The van der Waals surface area contributed by atoms with E-state index in [1.54, 1.807) is 11.3 Å². The van der Waals surface area contributed by atoms with Crippen LogP contribution in [-0.4, -0.2) is 12.6 Å². The zero-order chi connectivity index (χ0) is 17.5. The third kappa shape index (κ3) is 2.44. The fraction of sp³-hybridized carbons (Fsp3) is 0.0870. The zero-order valence-electron chi connectivity index (χ0n) is 14.1. The van der Waals surface area contributed by atoms with E-state index in [1.807, 2.05) is 23.6 Å². The molecule has 4 aromatic carbocycles. The lowest BCUT2D eigenvalue weighted by Gasteiger charge is -2.13. The van der Waals surface area contributed by atoms with Gasteiger partial charge in [-0.1, -0.05) is 48.5 Å². The summed E-state index contributed by atoms with van der Waals surface area (Å²) < 4.78 is 5.56. The lowest BCUT2D eigenvalue weighted by Crippen LogP contribution is -2.08. The summed E-state index contributed by atoms with van der Waals surface area (Å²) >= 11 is 1.66. The average molecular weight is 356 g/mol. The Morgan fingerprint density at radius 2 is 1.58 bits per heavy atom. The first kappa shape index (κ1) is 15.4. The quantitative estimate of drug-likeness (QED) is 0.290. The molecule has 0 unspecified atom stereocenters. The molecule has 3 heteroatoms. The molecule has 0 spiro atoms. The molecule has 1 heterocycles. The smallest absolute Gasteiger partial charge is 0.338 e. The van der Waals surface area contributed by atoms with Gasteiger partial charge >= 0.3 is 5.97 Å². The van der Waals surface area contributed by atoms with Gasteiger partial charge in [0, 0.05) is 6.42 Å². The van der Waals surface area contributed by atoms with E-state index in [9.17, 15) is 4.79 Å². The summed E-state index contributed by atoms with van der Waals surface area (Å²) in [7, 11) is 0. The average Bonchev–Trinajstić information content (AvgIpc) is 3.19. The molecule has 0 atom stereocenters. The summed E-state index contributed by atoms with van der Waals surface area (Å²) in [6, 6.07) is 20.7. The van der Waals surface area contributed by atoms with Crippen LogP contribution in [0.15, 0.2) is 71.4 Å². The van der Waals surface area contributed by atoms with E-state index in [0.29, 0.717) is 12.2 Å². The van der Waals surface area contributed by atoms with Gasteiger partial charge in [0.05, 0.1) is 12.2 Å². The van der Waals surface area contributed by atoms with Gasteiger partial charge in [0.25, 0.3) is 0 Å². The summed E-state index contributed by atoms with van der Waals surface area (Å²) in [6.45, 7) is 0.400. The molecular formula is C23H16O2S. The molecule has 0 saturated carbocycles. The Morgan fingerprint density at radius 1 is 0.846 bits per heavy atom. The standard InChI is InChI=1S/C23H16O2S/c24-23(25-12-10-15-11-13-26-14-15)20-9-7-18-5-4-16-2-1-3-17-6-8-19(20)22(18)21(16)17/h1-9,11,13-14H,10,12H2. The minimum absolute atomic E-state index is 0.252. The van der Waals surface area contributed by atoms with E-state index in [1.165, 1.54) is 21.7 Å². The van der Waals surface area contributed by atoms with Gasteiger partial charge in [0.1, 0.15) is 0 Å². The van der Waals surface area contributed by atoms with Crippen molar-refractivity contribution in [2.75, 3.05) is 6.61 Å². The third-order valence-corrected chi connectivity index (χ3v) is 5.68. The molecule has 1 aromatic heterocycles. The number of esters is 1. The molecule has 0 aliphatic rings. The normalized spacial score (nSPS) is 11.5. The lowest BCUT2D eigenvalue weighted by atomic mass is 9.92. The fourth-order valence-electron chi connectivity index (χ4n) is 3.69. The van der Waals surface area contributed by atoms with Gasteiger partial charge in [-0.05, 0) is 60.8 Å². The Balaban J connectivity index is 1.56. The van der Waals surface area contributed by atoms with E-state index in [4.69, 9.17) is 4.74 Å². The predicted octanol–water partition coefficient (Wildman–Crippen LogP) is 6.05. The van der Waals surface area contributed by atoms with Crippen molar-refractivity contribution >= 4 is 49.6 Å². The van der Waals surface area contributed by atoms with Crippen molar-refractivity contribution in [2.45, 2.75) is 6.42 Å². The highest BCUT2D eigenvalue weighted by Crippen LogP contribution is 2.36. The van der Waals surface area contributed by atoms with E-state index >= 15 is 0 Å². The van der Waals surface area contributed by atoms with Crippen molar-refractivity contribution in [1.82, 2.24) is 0 Å². The van der Waals surface area contributed by atoms with Gasteiger partial charge in [-0.2, -0.15) is 11.3 Å². The Bertz CT molecular complexity index is 1210. The Kier molecular flexibility index (Phi) is 3.61. The van der Waals surface area contributed by atoms with Crippen LogP contribution < -0.4 is 0 Å². The third-order valence-electron chi connectivity index (χ3n) is 4.95. The fourth-order valence-corrected chi connectivity index (χ4v) is 4.39. The summed E-state index contributed by atoms with van der Waals surface area (Å²) in [5.41, 5.74) is 1.85. The van der Waals surface area contributed by atoms with E-state index < -0.39 is 0 Å². The van der Waals surface area contributed by atoms with Crippen LogP contribution in [0.4, 0.5) is 0 Å². The van der Waals surface area contributed by atoms with E-state index in [2.05, 4.69) is 47.8 Å². The van der Waals surface area contributed by atoms with Gasteiger partial charge in [0.15, 0.2) is 0 Å². The molecule has 0 N–H and O–H groups in total. The van der Waals surface area contributed by atoms with Gasteiger partial charge < -0.3 is 4.74 Å². The largest absolute Gasteiger partial charge is 0.462 e. The maximum atomic E-state index is 12.7. The molecule has 0 aliphatic carbocycles. The Morgan fingerprint density at radius 3 is 2.35 bits per heavy atom. The molecule has 5 rings (SSSR count). The highest BCUT2D eigenvalue weighted by molar-refractivity contribution is 7.07. The highest BCUT2D eigenvalue weighted by atomic mass is 32.1. The SMILES string of the molecule is O=C(OCCc1ccsc1)c1ccc2ccc3cccc4ccc1c2c34. The van der Waals surface area contributed by atoms with Crippen LogP contribution in [0.5, 0.6) is 0 Å². The maximum Gasteiger partial charge on any atom is 0.338 e. The Labute approximate surface area is 155 Å². The summed E-state index contributed by atoms with van der Waals surface area (Å²) in [5, 5.41) is 11.0. The predicted molar refractivity (Wildman–Crippen MR) is 108 cm³/mol. The molecule has 2 nitrogen and oxygen atoms in total. The summed E-state index contributed by atoms with van der Waals surface area (Å²) in [6.07, 6.45) is 0.751.